The van der Waals surface area contributed by atoms with Crippen LogP contribution in [0.5, 0.6) is 0 Å². The third kappa shape index (κ3) is 5.50. The van der Waals surface area contributed by atoms with Crippen LogP contribution in [-0.2, 0) is 14.8 Å². The zero-order valence-corrected chi connectivity index (χ0v) is 14.7. The molecule has 0 bridgehead atoms. The molecule has 2 aromatic rings. The van der Waals surface area contributed by atoms with Crippen LogP contribution in [0.25, 0.3) is 6.08 Å². The molecule has 1 N–H and O–H groups in total. The fourth-order valence-corrected chi connectivity index (χ4v) is 2.86. The van der Waals surface area contributed by atoms with E-state index in [4.69, 9.17) is 0 Å². The summed E-state index contributed by atoms with van der Waals surface area (Å²) in [5, 5.41) is 14.2. The highest BCUT2D eigenvalue weighted by atomic mass is 32.2. The Morgan fingerprint density at radius 3 is 2.54 bits per heavy atom. The Morgan fingerprint density at radius 2 is 1.88 bits per heavy atom. The van der Waals surface area contributed by atoms with Gasteiger partial charge in [0.25, 0.3) is 5.69 Å². The van der Waals surface area contributed by atoms with Gasteiger partial charge < -0.3 is 5.32 Å². The fourth-order valence-electron chi connectivity index (χ4n) is 2.02. The lowest BCUT2D eigenvalue weighted by Gasteiger charge is -2.14. The zero-order valence-electron chi connectivity index (χ0n) is 13.9. The monoisotopic (exact) mass is 375 g/mol. The third-order valence-corrected chi connectivity index (χ3v) is 4.85. The maximum Gasteiger partial charge on any atom is 0.271 e. The van der Waals surface area contributed by atoms with Crippen LogP contribution in [-0.4, -0.2) is 37.1 Å². The van der Waals surface area contributed by atoms with E-state index in [-0.39, 0.29) is 11.4 Å². The van der Waals surface area contributed by atoms with E-state index in [9.17, 15) is 23.3 Å². The van der Waals surface area contributed by atoms with Gasteiger partial charge in [-0.25, -0.2) is 8.42 Å². The van der Waals surface area contributed by atoms with Gasteiger partial charge in [-0.2, -0.15) is 4.31 Å². The number of amides is 1. The molecule has 0 aliphatic rings. The molecule has 8 nitrogen and oxygen atoms in total. The first-order valence-electron chi connectivity index (χ1n) is 7.52. The summed E-state index contributed by atoms with van der Waals surface area (Å²) in [5.74, 6) is -0.607. The van der Waals surface area contributed by atoms with Crippen molar-refractivity contribution in [2.24, 2.45) is 0 Å². The van der Waals surface area contributed by atoms with Gasteiger partial charge in [-0.3, -0.25) is 14.9 Å². The summed E-state index contributed by atoms with van der Waals surface area (Å²) in [4.78, 5) is 22.2. The number of hydrogen-bond donors (Lipinski definition) is 1. The molecular formula is C17H17N3O5S. The lowest BCUT2D eigenvalue weighted by molar-refractivity contribution is -0.384. The quantitative estimate of drug-likeness (QED) is 0.590. The van der Waals surface area contributed by atoms with Crippen LogP contribution >= 0.6 is 0 Å². The smallest absolute Gasteiger partial charge is 0.271 e. The molecule has 26 heavy (non-hydrogen) atoms. The predicted octanol–water partition coefficient (Wildman–Crippen LogP) is 2.47. The number of non-ortho nitro benzene ring substituents is 1. The van der Waals surface area contributed by atoms with Gasteiger partial charge in [0.05, 0.1) is 11.5 Å². The maximum atomic E-state index is 12.2. The molecule has 2 aromatic carbocycles. The minimum atomic E-state index is -3.78. The lowest BCUT2D eigenvalue weighted by Crippen LogP contribution is -2.33. The first-order valence-corrected chi connectivity index (χ1v) is 9.02. The summed E-state index contributed by atoms with van der Waals surface area (Å²) in [5.41, 5.74) is 0.759. The Bertz CT molecular complexity index is 926. The number of rotatable bonds is 7. The Morgan fingerprint density at radius 1 is 1.19 bits per heavy atom. The minimum Gasteiger partial charge on any atom is -0.325 e. The van der Waals surface area contributed by atoms with Crippen LogP contribution in [0, 0.1) is 10.1 Å². The number of sulfonamides is 1. The molecule has 0 spiro atoms. The van der Waals surface area contributed by atoms with Gasteiger partial charge in [-0.05, 0) is 17.7 Å². The fraction of sp³-hybridized carbons (Fsp3) is 0.118. The molecule has 0 radical (unpaired) electrons. The number of hydrogen-bond acceptors (Lipinski definition) is 5. The first kappa shape index (κ1) is 19.3. The second-order valence-electron chi connectivity index (χ2n) is 5.37. The summed E-state index contributed by atoms with van der Waals surface area (Å²) < 4.78 is 25.3. The Hall–Kier alpha value is -3.04. The van der Waals surface area contributed by atoms with Gasteiger partial charge in [-0.15, -0.1) is 0 Å². The van der Waals surface area contributed by atoms with Gasteiger partial charge in [-0.1, -0.05) is 36.4 Å². The minimum absolute atomic E-state index is 0.172. The van der Waals surface area contributed by atoms with Crippen LogP contribution in [0.15, 0.2) is 60.0 Å². The lowest BCUT2D eigenvalue weighted by atomic mass is 10.2. The molecule has 0 aliphatic heterocycles. The summed E-state index contributed by atoms with van der Waals surface area (Å²) in [6.45, 7) is -0.426. The number of carbonyl (C=O) groups excluding carboxylic acids is 1. The summed E-state index contributed by atoms with van der Waals surface area (Å²) >= 11 is 0. The van der Waals surface area contributed by atoms with Gasteiger partial charge in [0.2, 0.25) is 15.9 Å². The molecule has 0 saturated carbocycles. The van der Waals surface area contributed by atoms with Crippen molar-refractivity contribution in [2.75, 3.05) is 18.9 Å². The number of benzene rings is 2. The SMILES string of the molecule is CN(CC(=O)Nc1cccc([N+](=O)[O-])c1)S(=O)(=O)C=Cc1ccccc1. The predicted molar refractivity (Wildman–Crippen MR) is 98.8 cm³/mol. The molecule has 0 saturated heterocycles. The van der Waals surface area contributed by atoms with Crippen molar-refractivity contribution in [3.8, 4) is 0 Å². The summed E-state index contributed by atoms with van der Waals surface area (Å²) in [7, 11) is -2.51. The second-order valence-corrected chi connectivity index (χ2v) is 7.30. The number of nitrogens with zero attached hydrogens (tertiary/aromatic N) is 2. The third-order valence-electron chi connectivity index (χ3n) is 3.37. The van der Waals surface area contributed by atoms with Crippen LogP contribution < -0.4 is 5.32 Å². The number of carbonyl (C=O) groups is 1. The van der Waals surface area contributed by atoms with Gasteiger partial charge in [0, 0.05) is 30.3 Å². The molecule has 136 valence electrons. The number of likely N-dealkylation sites (N-methyl/N-ethyl adjacent to an activating group) is 1. The Balaban J connectivity index is 2.00. The maximum absolute atomic E-state index is 12.2. The normalized spacial score (nSPS) is 11.6. The number of nitro groups is 1. The van der Waals surface area contributed by atoms with E-state index in [1.54, 1.807) is 24.3 Å². The standard InChI is InChI=1S/C17H17N3O5S/c1-19(26(24,25)11-10-14-6-3-2-4-7-14)13-17(21)18-15-8-5-9-16(12-15)20(22)23/h2-12H,13H2,1H3,(H,18,21). The second kappa shape index (κ2) is 8.37. The topological polar surface area (TPSA) is 110 Å². The molecule has 0 aliphatic carbocycles. The van der Waals surface area contributed by atoms with Gasteiger partial charge >= 0.3 is 0 Å². The molecule has 2 rings (SSSR count). The number of nitrogens with one attached hydrogen (secondary N) is 1. The van der Waals surface area contributed by atoms with Crippen molar-refractivity contribution in [3.63, 3.8) is 0 Å². The highest BCUT2D eigenvalue weighted by Crippen LogP contribution is 2.17. The van der Waals surface area contributed by atoms with Crippen LogP contribution in [0.3, 0.4) is 0 Å². The van der Waals surface area contributed by atoms with Crippen molar-refractivity contribution in [3.05, 3.63) is 75.7 Å². The van der Waals surface area contributed by atoms with E-state index in [1.807, 2.05) is 6.07 Å². The highest BCUT2D eigenvalue weighted by Gasteiger charge is 2.18. The van der Waals surface area contributed by atoms with Crippen molar-refractivity contribution < 1.29 is 18.1 Å². The van der Waals surface area contributed by atoms with E-state index in [2.05, 4.69) is 5.32 Å². The molecule has 0 unspecified atom stereocenters. The molecule has 1 amide bonds. The first-order chi connectivity index (χ1) is 12.3. The molecular weight excluding hydrogens is 358 g/mol. The van der Waals surface area contributed by atoms with E-state index in [0.29, 0.717) is 5.56 Å². The molecule has 0 aromatic heterocycles. The average molecular weight is 375 g/mol. The number of anilines is 1. The zero-order chi connectivity index (χ0) is 19.2. The van der Waals surface area contributed by atoms with Crippen molar-refractivity contribution >= 4 is 33.4 Å². The van der Waals surface area contributed by atoms with E-state index in [0.717, 1.165) is 9.71 Å². The summed E-state index contributed by atoms with van der Waals surface area (Å²) in [6, 6.07) is 14.3. The number of nitro benzene ring substituents is 1. The molecule has 0 atom stereocenters. The van der Waals surface area contributed by atoms with Crippen molar-refractivity contribution in [1.82, 2.24) is 4.31 Å². The van der Waals surface area contributed by atoms with E-state index >= 15 is 0 Å². The largest absolute Gasteiger partial charge is 0.325 e. The van der Waals surface area contributed by atoms with Crippen molar-refractivity contribution in [1.29, 1.82) is 0 Å². The van der Waals surface area contributed by atoms with E-state index in [1.165, 1.54) is 37.4 Å². The van der Waals surface area contributed by atoms with Crippen molar-refractivity contribution in [2.45, 2.75) is 0 Å². The molecule has 0 fully saturated rings. The highest BCUT2D eigenvalue weighted by molar-refractivity contribution is 7.92. The van der Waals surface area contributed by atoms with E-state index < -0.39 is 27.4 Å². The molecule has 0 heterocycles. The van der Waals surface area contributed by atoms with Gasteiger partial charge in [0.1, 0.15) is 0 Å². The Labute approximate surface area is 151 Å². The average Bonchev–Trinajstić information content (AvgIpc) is 2.61. The van der Waals surface area contributed by atoms with Crippen LogP contribution in [0.1, 0.15) is 5.56 Å². The van der Waals surface area contributed by atoms with Crippen LogP contribution in [0.2, 0.25) is 0 Å². The van der Waals surface area contributed by atoms with Gasteiger partial charge in [0.15, 0.2) is 0 Å². The molecule has 9 heteroatoms. The van der Waals surface area contributed by atoms with Crippen LogP contribution in [0.4, 0.5) is 11.4 Å². The Kier molecular flexibility index (Phi) is 6.21. The summed E-state index contributed by atoms with van der Waals surface area (Å²) in [6.07, 6.45) is 1.43.